The molecule has 0 rings (SSSR count). The van der Waals surface area contributed by atoms with E-state index in [-0.39, 0.29) is 0 Å². The summed E-state index contributed by atoms with van der Waals surface area (Å²) in [5.74, 6) is -2.71. The molecule has 0 radical (unpaired) electrons. The van der Waals surface area contributed by atoms with Crippen molar-refractivity contribution in [1.29, 1.82) is 0 Å². The fraction of sp³-hybridized carbons (Fsp3) is 0.667. The number of aliphatic carboxylic acids is 1. The lowest BCUT2D eigenvalue weighted by atomic mass is 10.4. The minimum atomic E-state index is -6.29. The molecule has 0 aliphatic heterocycles. The smallest absolute Gasteiger partial charge is 0.375 e. The quantitative estimate of drug-likeness (QED) is 0.632. The van der Waals surface area contributed by atoms with Gasteiger partial charge in [0, 0.05) is 0 Å². The summed E-state index contributed by atoms with van der Waals surface area (Å²) in [7, 11) is -6.29. The largest absolute Gasteiger partial charge is 0.743 e. The van der Waals surface area contributed by atoms with Gasteiger partial charge >= 0.3 is 11.2 Å². The third kappa shape index (κ3) is 1.85. The first kappa shape index (κ1) is 11.2. The van der Waals surface area contributed by atoms with Gasteiger partial charge in [0.25, 0.3) is 6.17 Å². The third-order valence-electron chi connectivity index (χ3n) is 0.845. The number of alkyl halides is 3. The summed E-state index contributed by atoms with van der Waals surface area (Å²) in [5, 5.41) is 2.19. The number of carboxylic acid groups (broad SMARTS) is 1. The first-order chi connectivity index (χ1) is 5.10. The van der Waals surface area contributed by atoms with E-state index in [0.29, 0.717) is 0 Å². The molecule has 0 heterocycles. The number of rotatable bonds is 3. The average Bonchev–Trinajstić information content (AvgIpc) is 1.83. The molecule has 0 amide bonds. The molecule has 12 heavy (non-hydrogen) atoms. The van der Waals surface area contributed by atoms with E-state index in [4.69, 9.17) is 5.11 Å². The fourth-order valence-corrected chi connectivity index (χ4v) is 0.625. The highest BCUT2D eigenvalue weighted by Gasteiger charge is 2.51. The maximum atomic E-state index is 11.9. The van der Waals surface area contributed by atoms with Crippen LogP contribution in [0.25, 0.3) is 0 Å². The van der Waals surface area contributed by atoms with E-state index in [1.165, 1.54) is 0 Å². The normalized spacial score (nSPS) is 15.7. The van der Waals surface area contributed by atoms with E-state index in [0.717, 1.165) is 0 Å². The molecule has 72 valence electrons. The molecule has 9 heteroatoms. The second-order valence-corrected chi connectivity index (χ2v) is 3.17. The van der Waals surface area contributed by atoms with Crippen LogP contribution in [0.4, 0.5) is 13.2 Å². The van der Waals surface area contributed by atoms with Gasteiger partial charge in [0.1, 0.15) is 0 Å². The van der Waals surface area contributed by atoms with Crippen LogP contribution >= 0.6 is 0 Å². The topological polar surface area (TPSA) is 94.5 Å². The molecule has 0 aliphatic carbocycles. The molecular weight excluding hydrogens is 205 g/mol. The van der Waals surface area contributed by atoms with Crippen LogP contribution in [0.1, 0.15) is 0 Å². The van der Waals surface area contributed by atoms with Crippen LogP contribution < -0.4 is 0 Å². The van der Waals surface area contributed by atoms with Crippen molar-refractivity contribution in [1.82, 2.24) is 0 Å². The zero-order valence-corrected chi connectivity index (χ0v) is 6.02. The highest BCUT2D eigenvalue weighted by Crippen LogP contribution is 2.27. The SMILES string of the molecule is O=C(O)C(F)C(F)(F)S(=O)(=O)[O-]. The van der Waals surface area contributed by atoms with Crippen LogP contribution in [0.2, 0.25) is 0 Å². The highest BCUT2D eigenvalue weighted by molar-refractivity contribution is 7.86. The van der Waals surface area contributed by atoms with Gasteiger partial charge < -0.3 is 9.66 Å². The summed E-state index contributed by atoms with van der Waals surface area (Å²) in [6, 6.07) is 0. The van der Waals surface area contributed by atoms with Crippen LogP contribution in [0.15, 0.2) is 0 Å². The summed E-state index contributed by atoms with van der Waals surface area (Å²) in [4.78, 5) is 9.53. The predicted octanol–water partition coefficient (Wildman–Crippen LogP) is -0.453. The molecule has 0 aliphatic rings. The van der Waals surface area contributed by atoms with Crippen molar-refractivity contribution >= 4 is 16.1 Å². The van der Waals surface area contributed by atoms with Gasteiger partial charge in [-0.25, -0.2) is 17.6 Å². The number of carboxylic acids is 1. The van der Waals surface area contributed by atoms with Crippen LogP contribution in [0, 0.1) is 0 Å². The summed E-state index contributed by atoms with van der Waals surface area (Å²) in [6.07, 6.45) is -4.04. The molecule has 0 aromatic carbocycles. The molecule has 0 fully saturated rings. The van der Waals surface area contributed by atoms with Crippen molar-refractivity contribution in [2.75, 3.05) is 0 Å². The van der Waals surface area contributed by atoms with Crippen molar-refractivity contribution in [3.63, 3.8) is 0 Å². The lowest BCUT2D eigenvalue weighted by Crippen LogP contribution is -2.43. The van der Waals surface area contributed by atoms with Crippen molar-refractivity contribution in [2.24, 2.45) is 0 Å². The van der Waals surface area contributed by atoms with E-state index >= 15 is 0 Å². The summed E-state index contributed by atoms with van der Waals surface area (Å²) in [5.41, 5.74) is 0. The zero-order valence-electron chi connectivity index (χ0n) is 5.20. The summed E-state index contributed by atoms with van der Waals surface area (Å²) < 4.78 is 64.5. The van der Waals surface area contributed by atoms with E-state index < -0.39 is 27.5 Å². The number of hydrogen-bond acceptors (Lipinski definition) is 4. The molecule has 1 N–H and O–H groups in total. The third-order valence-corrected chi connectivity index (χ3v) is 1.72. The highest BCUT2D eigenvalue weighted by atomic mass is 32.2. The van der Waals surface area contributed by atoms with Crippen molar-refractivity contribution in [3.8, 4) is 0 Å². The van der Waals surface area contributed by atoms with Crippen LogP contribution in [0.5, 0.6) is 0 Å². The maximum Gasteiger partial charge on any atom is 0.375 e. The Morgan fingerprint density at radius 1 is 1.50 bits per heavy atom. The molecule has 0 saturated carbocycles. The molecule has 1 unspecified atom stereocenters. The van der Waals surface area contributed by atoms with Gasteiger partial charge in [0.15, 0.2) is 10.1 Å². The van der Waals surface area contributed by atoms with Gasteiger partial charge in [-0.3, -0.25) is 0 Å². The Bertz CT molecular complexity index is 282. The first-order valence-corrected chi connectivity index (χ1v) is 3.71. The Kier molecular flexibility index (Phi) is 2.70. The lowest BCUT2D eigenvalue weighted by Gasteiger charge is -2.20. The second kappa shape index (κ2) is 2.90. The average molecular weight is 207 g/mol. The van der Waals surface area contributed by atoms with Gasteiger partial charge in [-0.1, -0.05) is 0 Å². The number of halogens is 3. The minimum Gasteiger partial charge on any atom is -0.743 e. The molecule has 0 spiro atoms. The van der Waals surface area contributed by atoms with Crippen LogP contribution in [-0.2, 0) is 14.9 Å². The van der Waals surface area contributed by atoms with Gasteiger partial charge in [0.2, 0.25) is 0 Å². The summed E-state index contributed by atoms with van der Waals surface area (Å²) >= 11 is 0. The number of carbonyl (C=O) groups is 1. The first-order valence-electron chi connectivity index (χ1n) is 2.31. The molecular formula is C3H2F3O5S-. The zero-order chi connectivity index (χ0) is 10.2. The van der Waals surface area contributed by atoms with Gasteiger partial charge in [-0.2, -0.15) is 8.78 Å². The Morgan fingerprint density at radius 2 is 1.83 bits per heavy atom. The summed E-state index contributed by atoms with van der Waals surface area (Å²) in [6.45, 7) is 0. The van der Waals surface area contributed by atoms with E-state index in [2.05, 4.69) is 0 Å². The Hall–Kier alpha value is -0.830. The van der Waals surface area contributed by atoms with Gasteiger partial charge in [-0.15, -0.1) is 0 Å². The molecule has 1 atom stereocenters. The predicted molar refractivity (Wildman–Crippen MR) is 27.2 cm³/mol. The Labute approximate surface area is 64.6 Å². The Morgan fingerprint density at radius 3 is 1.92 bits per heavy atom. The van der Waals surface area contributed by atoms with Crippen molar-refractivity contribution in [2.45, 2.75) is 11.4 Å². The van der Waals surface area contributed by atoms with Crippen molar-refractivity contribution < 1.29 is 36.0 Å². The number of hydrogen-bond donors (Lipinski definition) is 1. The molecule has 0 aromatic rings. The molecule has 5 nitrogen and oxygen atoms in total. The van der Waals surface area contributed by atoms with E-state index in [1.54, 1.807) is 0 Å². The van der Waals surface area contributed by atoms with E-state index in [1.807, 2.05) is 0 Å². The van der Waals surface area contributed by atoms with Crippen LogP contribution in [0.3, 0.4) is 0 Å². The Balaban J connectivity index is 5.00. The minimum absolute atomic E-state index is 2.71. The standard InChI is InChI=1S/C3H3F3O5S/c4-1(2(7)8)3(5,6)12(9,10)11/h1H,(H,7,8)(H,9,10,11)/p-1. The monoisotopic (exact) mass is 207 g/mol. The molecule has 0 saturated heterocycles. The second-order valence-electron chi connectivity index (χ2n) is 1.72. The van der Waals surface area contributed by atoms with Crippen molar-refractivity contribution in [3.05, 3.63) is 0 Å². The molecule has 0 bridgehead atoms. The maximum absolute atomic E-state index is 11.9. The van der Waals surface area contributed by atoms with Gasteiger partial charge in [-0.05, 0) is 0 Å². The fourth-order valence-electron chi connectivity index (χ4n) is 0.270. The molecule has 0 aromatic heterocycles. The van der Waals surface area contributed by atoms with Crippen LogP contribution in [-0.4, -0.2) is 35.5 Å². The van der Waals surface area contributed by atoms with Gasteiger partial charge in [0.05, 0.1) is 0 Å². The van der Waals surface area contributed by atoms with E-state index in [9.17, 15) is 30.9 Å². The lowest BCUT2D eigenvalue weighted by molar-refractivity contribution is -0.151.